The Labute approximate surface area is 150 Å². The molecule has 0 aliphatic rings. The fraction of sp³-hybridized carbons (Fsp3) is 0.150. The SMILES string of the molecule is Cc1ccc(N=C(c2ccccc2)c2c(O)n(C)c(=O)n(C)c2=O)cc1. The Kier molecular flexibility index (Phi) is 4.58. The number of aryl methyl sites for hydroxylation is 1. The molecule has 2 aromatic carbocycles. The maximum absolute atomic E-state index is 12.7. The van der Waals surface area contributed by atoms with Crippen molar-refractivity contribution < 1.29 is 5.11 Å². The van der Waals surface area contributed by atoms with Gasteiger partial charge in [-0.05, 0) is 19.1 Å². The van der Waals surface area contributed by atoms with Crippen molar-refractivity contribution in [1.82, 2.24) is 9.13 Å². The maximum atomic E-state index is 12.7. The van der Waals surface area contributed by atoms with E-state index in [0.29, 0.717) is 17.0 Å². The zero-order valence-corrected chi connectivity index (χ0v) is 14.8. The van der Waals surface area contributed by atoms with Crippen molar-refractivity contribution in [2.24, 2.45) is 19.1 Å². The molecule has 0 amide bonds. The van der Waals surface area contributed by atoms with Crippen LogP contribution >= 0.6 is 0 Å². The van der Waals surface area contributed by atoms with Crippen LogP contribution < -0.4 is 11.2 Å². The van der Waals surface area contributed by atoms with Gasteiger partial charge in [-0.1, -0.05) is 48.0 Å². The summed E-state index contributed by atoms with van der Waals surface area (Å²) in [6, 6.07) is 16.6. The Bertz CT molecular complexity index is 1090. The van der Waals surface area contributed by atoms with E-state index in [1.165, 1.54) is 14.1 Å². The van der Waals surface area contributed by atoms with Crippen molar-refractivity contribution in [3.63, 3.8) is 0 Å². The standard InChI is InChI=1S/C20H19N3O3/c1-13-9-11-15(12-10-13)21-17(14-7-5-4-6-8-14)16-18(24)22(2)20(26)23(3)19(16)25/h4-12,24H,1-3H3. The summed E-state index contributed by atoms with van der Waals surface area (Å²) in [5.41, 5.74) is 1.50. The van der Waals surface area contributed by atoms with Gasteiger partial charge in [-0.25, -0.2) is 9.79 Å². The van der Waals surface area contributed by atoms with Gasteiger partial charge < -0.3 is 5.11 Å². The fourth-order valence-corrected chi connectivity index (χ4v) is 2.65. The van der Waals surface area contributed by atoms with Crippen LogP contribution in [-0.2, 0) is 14.1 Å². The summed E-state index contributed by atoms with van der Waals surface area (Å²) in [6.45, 7) is 1.97. The fourth-order valence-electron chi connectivity index (χ4n) is 2.65. The van der Waals surface area contributed by atoms with Crippen molar-refractivity contribution in [1.29, 1.82) is 0 Å². The molecule has 0 aliphatic carbocycles. The molecule has 0 aliphatic heterocycles. The van der Waals surface area contributed by atoms with Crippen LogP contribution in [0.25, 0.3) is 0 Å². The molecule has 132 valence electrons. The largest absolute Gasteiger partial charge is 0.494 e. The summed E-state index contributed by atoms with van der Waals surface area (Å²) in [5, 5.41) is 10.5. The van der Waals surface area contributed by atoms with Crippen LogP contribution in [0.1, 0.15) is 16.7 Å². The van der Waals surface area contributed by atoms with Gasteiger partial charge >= 0.3 is 5.69 Å². The number of nitrogens with zero attached hydrogens (tertiary/aromatic N) is 3. The zero-order valence-electron chi connectivity index (χ0n) is 14.8. The van der Waals surface area contributed by atoms with Gasteiger partial charge in [-0.3, -0.25) is 13.9 Å². The average molecular weight is 349 g/mol. The van der Waals surface area contributed by atoms with Gasteiger partial charge in [-0.2, -0.15) is 0 Å². The first kappa shape index (κ1) is 17.4. The Morgan fingerprint density at radius 1 is 0.923 bits per heavy atom. The maximum Gasteiger partial charge on any atom is 0.333 e. The number of aromatic hydroxyl groups is 1. The van der Waals surface area contributed by atoms with E-state index in [-0.39, 0.29) is 5.56 Å². The van der Waals surface area contributed by atoms with Crippen molar-refractivity contribution in [2.75, 3.05) is 0 Å². The normalized spacial score (nSPS) is 11.6. The molecule has 0 bridgehead atoms. The Balaban J connectivity index is 2.35. The van der Waals surface area contributed by atoms with E-state index in [1.54, 1.807) is 12.1 Å². The summed E-state index contributed by atoms with van der Waals surface area (Å²) in [4.78, 5) is 29.4. The first-order chi connectivity index (χ1) is 12.4. The molecule has 0 saturated carbocycles. The number of hydrogen-bond acceptors (Lipinski definition) is 4. The molecule has 0 unspecified atom stereocenters. The van der Waals surface area contributed by atoms with Gasteiger partial charge in [0.1, 0.15) is 5.56 Å². The summed E-state index contributed by atoms with van der Waals surface area (Å²) < 4.78 is 1.99. The molecule has 0 radical (unpaired) electrons. The number of benzene rings is 2. The monoisotopic (exact) mass is 349 g/mol. The van der Waals surface area contributed by atoms with E-state index in [1.807, 2.05) is 49.4 Å². The third-order valence-corrected chi connectivity index (χ3v) is 4.19. The second-order valence-electron chi connectivity index (χ2n) is 6.07. The molecule has 0 spiro atoms. The molecule has 6 heteroatoms. The molecule has 0 saturated heterocycles. The van der Waals surface area contributed by atoms with Gasteiger partial charge in [0.2, 0.25) is 5.88 Å². The minimum absolute atomic E-state index is 0.0126. The van der Waals surface area contributed by atoms with Crippen LogP contribution in [0.2, 0.25) is 0 Å². The van der Waals surface area contributed by atoms with E-state index in [2.05, 4.69) is 4.99 Å². The van der Waals surface area contributed by atoms with Gasteiger partial charge in [0, 0.05) is 19.7 Å². The van der Waals surface area contributed by atoms with Crippen LogP contribution in [0.15, 0.2) is 69.2 Å². The smallest absolute Gasteiger partial charge is 0.333 e. The zero-order chi connectivity index (χ0) is 18.8. The molecule has 0 atom stereocenters. The molecule has 3 rings (SSSR count). The van der Waals surface area contributed by atoms with E-state index in [4.69, 9.17) is 0 Å². The molecule has 1 heterocycles. The molecule has 1 N–H and O–H groups in total. The third-order valence-electron chi connectivity index (χ3n) is 4.19. The van der Waals surface area contributed by atoms with E-state index < -0.39 is 17.1 Å². The van der Waals surface area contributed by atoms with E-state index in [9.17, 15) is 14.7 Å². The molecule has 3 aromatic rings. The van der Waals surface area contributed by atoms with E-state index in [0.717, 1.165) is 14.7 Å². The van der Waals surface area contributed by atoms with Gasteiger partial charge in [0.05, 0.1) is 11.4 Å². The average Bonchev–Trinajstić information content (AvgIpc) is 2.66. The highest BCUT2D eigenvalue weighted by molar-refractivity contribution is 6.15. The van der Waals surface area contributed by atoms with E-state index >= 15 is 0 Å². The molecular weight excluding hydrogens is 330 g/mol. The predicted octanol–water partition coefficient (Wildman–Crippen LogP) is 2.27. The lowest BCUT2D eigenvalue weighted by molar-refractivity contribution is 0.410. The highest BCUT2D eigenvalue weighted by Crippen LogP contribution is 2.21. The van der Waals surface area contributed by atoms with Crippen molar-refractivity contribution in [3.8, 4) is 5.88 Å². The van der Waals surface area contributed by atoms with Crippen LogP contribution in [0.4, 0.5) is 5.69 Å². The summed E-state index contributed by atoms with van der Waals surface area (Å²) in [6.07, 6.45) is 0. The first-order valence-corrected chi connectivity index (χ1v) is 8.10. The summed E-state index contributed by atoms with van der Waals surface area (Å²) >= 11 is 0. The highest BCUT2D eigenvalue weighted by Gasteiger charge is 2.21. The van der Waals surface area contributed by atoms with Crippen molar-refractivity contribution >= 4 is 11.4 Å². The Hall–Kier alpha value is -3.41. The Morgan fingerprint density at radius 3 is 2.15 bits per heavy atom. The first-order valence-electron chi connectivity index (χ1n) is 8.10. The highest BCUT2D eigenvalue weighted by atomic mass is 16.3. The summed E-state index contributed by atoms with van der Waals surface area (Å²) in [5.74, 6) is -0.409. The predicted molar refractivity (Wildman–Crippen MR) is 102 cm³/mol. The molecule has 26 heavy (non-hydrogen) atoms. The van der Waals surface area contributed by atoms with Gasteiger partial charge in [0.15, 0.2) is 0 Å². The quantitative estimate of drug-likeness (QED) is 0.737. The third kappa shape index (κ3) is 3.09. The second-order valence-corrected chi connectivity index (χ2v) is 6.07. The Morgan fingerprint density at radius 2 is 1.54 bits per heavy atom. The molecule has 0 fully saturated rings. The van der Waals surface area contributed by atoms with Crippen LogP contribution in [-0.4, -0.2) is 20.0 Å². The van der Waals surface area contributed by atoms with Crippen LogP contribution in [0.3, 0.4) is 0 Å². The van der Waals surface area contributed by atoms with Crippen molar-refractivity contribution in [2.45, 2.75) is 6.92 Å². The second kappa shape index (κ2) is 6.84. The van der Waals surface area contributed by atoms with Gasteiger partial charge in [0.25, 0.3) is 5.56 Å². The van der Waals surface area contributed by atoms with Gasteiger partial charge in [-0.15, -0.1) is 0 Å². The lowest BCUT2D eigenvalue weighted by Crippen LogP contribution is -2.40. The lowest BCUT2D eigenvalue weighted by Gasteiger charge is -2.13. The van der Waals surface area contributed by atoms with Crippen LogP contribution in [0, 0.1) is 6.92 Å². The minimum Gasteiger partial charge on any atom is -0.494 e. The molecular formula is C20H19N3O3. The lowest BCUT2D eigenvalue weighted by atomic mass is 10.0. The number of rotatable bonds is 3. The molecule has 1 aromatic heterocycles. The minimum atomic E-state index is -0.598. The topological polar surface area (TPSA) is 76.6 Å². The number of hydrogen-bond donors (Lipinski definition) is 1. The number of aliphatic imine (C=N–C) groups is 1. The molecule has 6 nitrogen and oxygen atoms in total. The van der Waals surface area contributed by atoms with Crippen molar-refractivity contribution in [3.05, 3.63) is 92.1 Å². The van der Waals surface area contributed by atoms with Crippen LogP contribution in [0.5, 0.6) is 5.88 Å². The summed E-state index contributed by atoms with van der Waals surface area (Å²) in [7, 11) is 2.79. The number of aromatic nitrogens is 2.